The van der Waals surface area contributed by atoms with Gasteiger partial charge in [0.25, 0.3) is 5.91 Å². The molecule has 1 atom stereocenters. The van der Waals surface area contributed by atoms with Gasteiger partial charge in [0.1, 0.15) is 18.4 Å². The van der Waals surface area contributed by atoms with Crippen LogP contribution in [-0.4, -0.2) is 59.9 Å². The maximum absolute atomic E-state index is 12.8. The van der Waals surface area contributed by atoms with Crippen LogP contribution in [0.5, 0.6) is 5.75 Å². The number of ether oxygens (including phenoxy) is 2. The van der Waals surface area contributed by atoms with Crippen LogP contribution in [0.25, 0.3) is 0 Å². The molecule has 2 fully saturated rings. The molecule has 8 heteroatoms. The minimum absolute atomic E-state index is 0.00551. The molecule has 0 unspecified atom stereocenters. The van der Waals surface area contributed by atoms with Crippen molar-refractivity contribution in [3.8, 4) is 5.75 Å². The molecule has 5 rings (SSSR count). The van der Waals surface area contributed by atoms with Gasteiger partial charge in [-0.15, -0.1) is 0 Å². The number of amides is 3. The molecular formula is C24H25N3O5. The maximum Gasteiger partial charge on any atom is 0.255 e. The molecule has 1 N–H and O–H groups in total. The topological polar surface area (TPSA) is 88.2 Å². The largest absolute Gasteiger partial charge is 0.489 e. The van der Waals surface area contributed by atoms with Gasteiger partial charge in [0.05, 0.1) is 26.2 Å². The molecule has 0 bridgehead atoms. The van der Waals surface area contributed by atoms with Crippen LogP contribution in [0.3, 0.4) is 0 Å². The second-order valence-corrected chi connectivity index (χ2v) is 8.34. The number of benzene rings is 2. The summed E-state index contributed by atoms with van der Waals surface area (Å²) in [5, 5.41) is 2.27. The van der Waals surface area contributed by atoms with E-state index < -0.39 is 11.9 Å². The summed E-state index contributed by atoms with van der Waals surface area (Å²) >= 11 is 0. The molecule has 3 amide bonds. The highest BCUT2D eigenvalue weighted by Gasteiger charge is 2.42. The van der Waals surface area contributed by atoms with Crippen LogP contribution in [0.4, 0.5) is 0 Å². The van der Waals surface area contributed by atoms with Crippen molar-refractivity contribution < 1.29 is 23.9 Å². The van der Waals surface area contributed by atoms with E-state index in [9.17, 15) is 14.4 Å². The van der Waals surface area contributed by atoms with Gasteiger partial charge >= 0.3 is 0 Å². The lowest BCUT2D eigenvalue weighted by molar-refractivity contribution is -0.126. The number of nitrogens with zero attached hydrogens (tertiary/aromatic N) is 2. The molecule has 0 saturated carbocycles. The first kappa shape index (κ1) is 20.7. The van der Waals surface area contributed by atoms with Crippen molar-refractivity contribution in [1.29, 1.82) is 0 Å². The highest BCUT2D eigenvalue weighted by atomic mass is 16.5. The predicted octanol–water partition coefficient (Wildman–Crippen LogP) is 1.47. The van der Waals surface area contributed by atoms with E-state index in [1.165, 1.54) is 10.5 Å². The van der Waals surface area contributed by atoms with Crippen LogP contribution < -0.4 is 10.1 Å². The third-order valence-corrected chi connectivity index (χ3v) is 6.20. The monoisotopic (exact) mass is 435 g/mol. The van der Waals surface area contributed by atoms with Crippen LogP contribution in [0.15, 0.2) is 42.5 Å². The number of hydrogen-bond acceptors (Lipinski definition) is 6. The Morgan fingerprint density at radius 1 is 1.00 bits per heavy atom. The SMILES string of the molecule is O=C1C[C@H](N2Cc3c(OCc4ccc(CN5CCOCC5)cc4)cccc3C2=O)C(=O)N1. The fourth-order valence-corrected chi connectivity index (χ4v) is 4.42. The van der Waals surface area contributed by atoms with Crippen molar-refractivity contribution in [2.24, 2.45) is 0 Å². The molecule has 0 aliphatic carbocycles. The van der Waals surface area contributed by atoms with E-state index in [2.05, 4.69) is 34.5 Å². The van der Waals surface area contributed by atoms with Gasteiger partial charge < -0.3 is 14.4 Å². The third-order valence-electron chi connectivity index (χ3n) is 6.20. The van der Waals surface area contributed by atoms with Gasteiger partial charge in [-0.2, -0.15) is 0 Å². The summed E-state index contributed by atoms with van der Waals surface area (Å²) in [7, 11) is 0. The molecule has 0 aromatic heterocycles. The van der Waals surface area contributed by atoms with Crippen LogP contribution >= 0.6 is 0 Å². The Hall–Kier alpha value is -3.23. The first-order chi connectivity index (χ1) is 15.6. The molecule has 32 heavy (non-hydrogen) atoms. The lowest BCUT2D eigenvalue weighted by atomic mass is 10.1. The normalized spacial score (nSPS) is 21.1. The van der Waals surface area contributed by atoms with Crippen molar-refractivity contribution in [3.05, 3.63) is 64.7 Å². The third kappa shape index (κ3) is 4.11. The number of imide groups is 1. The van der Waals surface area contributed by atoms with E-state index in [0.29, 0.717) is 17.9 Å². The van der Waals surface area contributed by atoms with Crippen molar-refractivity contribution in [2.75, 3.05) is 26.3 Å². The predicted molar refractivity (Wildman–Crippen MR) is 115 cm³/mol. The summed E-state index contributed by atoms with van der Waals surface area (Å²) in [6, 6.07) is 12.9. The molecule has 2 aromatic rings. The minimum atomic E-state index is -0.755. The van der Waals surface area contributed by atoms with Crippen molar-refractivity contribution in [3.63, 3.8) is 0 Å². The Kier molecular flexibility index (Phi) is 5.63. The molecule has 166 valence electrons. The summed E-state index contributed by atoms with van der Waals surface area (Å²) in [6.07, 6.45) is 0.00551. The molecule has 0 spiro atoms. The Balaban J connectivity index is 1.23. The summed E-state index contributed by atoms with van der Waals surface area (Å²) in [4.78, 5) is 40.3. The maximum atomic E-state index is 12.8. The summed E-state index contributed by atoms with van der Waals surface area (Å²) < 4.78 is 11.5. The van der Waals surface area contributed by atoms with Crippen LogP contribution in [0, 0.1) is 0 Å². The number of carbonyl (C=O) groups is 3. The number of morpholine rings is 1. The molecular weight excluding hydrogens is 410 g/mol. The number of carbonyl (C=O) groups excluding carboxylic acids is 3. The zero-order chi connectivity index (χ0) is 22.1. The fourth-order valence-electron chi connectivity index (χ4n) is 4.42. The van der Waals surface area contributed by atoms with E-state index >= 15 is 0 Å². The van der Waals surface area contributed by atoms with Gasteiger partial charge in [0.15, 0.2) is 0 Å². The second-order valence-electron chi connectivity index (χ2n) is 8.34. The first-order valence-corrected chi connectivity index (χ1v) is 10.9. The fraction of sp³-hybridized carbons (Fsp3) is 0.375. The number of rotatable bonds is 6. The van der Waals surface area contributed by atoms with E-state index in [0.717, 1.165) is 44.0 Å². The summed E-state index contributed by atoms with van der Waals surface area (Å²) in [5.41, 5.74) is 3.57. The van der Waals surface area contributed by atoms with Crippen LogP contribution in [-0.2, 0) is 34.0 Å². The molecule has 3 aliphatic heterocycles. The van der Waals surface area contributed by atoms with Crippen molar-refractivity contribution in [1.82, 2.24) is 15.1 Å². The number of fused-ring (bicyclic) bond motifs is 1. The molecule has 0 radical (unpaired) electrons. The molecule has 8 nitrogen and oxygen atoms in total. The van der Waals surface area contributed by atoms with Crippen molar-refractivity contribution >= 4 is 17.7 Å². The highest BCUT2D eigenvalue weighted by Crippen LogP contribution is 2.33. The van der Waals surface area contributed by atoms with Gasteiger partial charge in [-0.05, 0) is 23.3 Å². The summed E-state index contributed by atoms with van der Waals surface area (Å²) in [6.45, 7) is 5.03. The second kappa shape index (κ2) is 8.72. The van der Waals surface area contributed by atoms with Crippen LogP contribution in [0.1, 0.15) is 33.5 Å². The average molecular weight is 435 g/mol. The van der Waals surface area contributed by atoms with E-state index in [1.807, 2.05) is 6.07 Å². The minimum Gasteiger partial charge on any atom is -0.489 e. The Morgan fingerprint density at radius 3 is 2.47 bits per heavy atom. The lowest BCUT2D eigenvalue weighted by Gasteiger charge is -2.26. The molecule has 3 heterocycles. The Labute approximate surface area is 186 Å². The van der Waals surface area contributed by atoms with Gasteiger partial charge in [-0.1, -0.05) is 30.3 Å². The van der Waals surface area contributed by atoms with E-state index in [4.69, 9.17) is 9.47 Å². The van der Waals surface area contributed by atoms with Gasteiger partial charge in [0, 0.05) is 30.8 Å². The zero-order valence-electron chi connectivity index (χ0n) is 17.7. The van der Waals surface area contributed by atoms with Gasteiger partial charge in [-0.3, -0.25) is 24.6 Å². The Morgan fingerprint density at radius 2 is 1.75 bits per heavy atom. The number of hydrogen-bond donors (Lipinski definition) is 1. The lowest BCUT2D eigenvalue weighted by Crippen LogP contribution is -2.40. The standard InChI is InChI=1S/C24H25N3O5/c28-22-12-20(23(29)25-22)27-14-19-18(24(27)30)2-1-3-21(19)32-15-17-6-4-16(5-7-17)13-26-8-10-31-11-9-26/h1-7,20H,8-15H2,(H,25,28,29)/t20-/m0/s1. The van der Waals surface area contributed by atoms with Crippen molar-refractivity contribution in [2.45, 2.75) is 32.2 Å². The Bertz CT molecular complexity index is 1050. The summed E-state index contributed by atoms with van der Waals surface area (Å²) in [5.74, 6) is -0.388. The smallest absolute Gasteiger partial charge is 0.255 e. The molecule has 2 aromatic carbocycles. The zero-order valence-corrected chi connectivity index (χ0v) is 17.7. The van der Waals surface area contributed by atoms with Gasteiger partial charge in [-0.25, -0.2) is 0 Å². The van der Waals surface area contributed by atoms with E-state index in [-0.39, 0.29) is 24.8 Å². The number of nitrogens with one attached hydrogen (secondary N) is 1. The molecule has 3 aliphatic rings. The quantitative estimate of drug-likeness (QED) is 0.692. The highest BCUT2D eigenvalue weighted by molar-refractivity contribution is 6.09. The van der Waals surface area contributed by atoms with Gasteiger partial charge in [0.2, 0.25) is 11.8 Å². The van der Waals surface area contributed by atoms with E-state index in [1.54, 1.807) is 12.1 Å². The van der Waals surface area contributed by atoms with Crippen LogP contribution in [0.2, 0.25) is 0 Å². The average Bonchev–Trinajstić information content (AvgIpc) is 3.32. The first-order valence-electron chi connectivity index (χ1n) is 10.9. The molecule has 2 saturated heterocycles.